The van der Waals surface area contributed by atoms with Crippen LogP contribution in [0.2, 0.25) is 0 Å². The van der Waals surface area contributed by atoms with Crippen molar-refractivity contribution in [1.82, 2.24) is 15.3 Å². The van der Waals surface area contributed by atoms with Gasteiger partial charge in [0, 0.05) is 23.7 Å². The molecular weight excluding hydrogens is 328 g/mol. The van der Waals surface area contributed by atoms with Gasteiger partial charge in [-0.25, -0.2) is 9.97 Å². The van der Waals surface area contributed by atoms with Gasteiger partial charge in [-0.05, 0) is 44.0 Å². The van der Waals surface area contributed by atoms with E-state index in [1.165, 1.54) is 0 Å². The Bertz CT molecular complexity index is 813. The number of carbonyl (C=O) groups is 1. The number of hydrogen-bond donors (Lipinski definition) is 1. The molecule has 26 heavy (non-hydrogen) atoms. The first kappa shape index (κ1) is 17.0. The average molecular weight is 352 g/mol. The Morgan fingerprint density at radius 1 is 1.27 bits per heavy atom. The highest BCUT2D eigenvalue weighted by molar-refractivity contribution is 6.00. The van der Waals surface area contributed by atoms with E-state index in [1.54, 1.807) is 12.0 Å². The smallest absolute Gasteiger partial charge is 0.233 e. The minimum absolute atomic E-state index is 0.0899. The summed E-state index contributed by atoms with van der Waals surface area (Å²) in [6.45, 7) is 4.48. The highest BCUT2D eigenvalue weighted by Gasteiger charge is 2.32. The molecule has 6 heteroatoms. The van der Waals surface area contributed by atoms with Gasteiger partial charge in [0.2, 0.25) is 5.91 Å². The fourth-order valence-electron chi connectivity index (χ4n) is 3.73. The maximum Gasteiger partial charge on any atom is 0.233 e. The molecule has 0 saturated carbocycles. The van der Waals surface area contributed by atoms with Crippen molar-refractivity contribution in [3.8, 4) is 5.75 Å². The van der Waals surface area contributed by atoms with E-state index in [4.69, 9.17) is 14.7 Å². The third-order valence-corrected chi connectivity index (χ3v) is 5.26. The molecule has 1 saturated heterocycles. The highest BCUT2D eigenvalue weighted by Crippen LogP contribution is 2.32. The van der Waals surface area contributed by atoms with E-state index in [-0.39, 0.29) is 5.91 Å². The first-order valence-corrected chi connectivity index (χ1v) is 9.17. The summed E-state index contributed by atoms with van der Waals surface area (Å²) < 4.78 is 5.21. The van der Waals surface area contributed by atoms with Crippen molar-refractivity contribution >= 4 is 11.7 Å². The zero-order valence-corrected chi connectivity index (χ0v) is 15.3. The Morgan fingerprint density at radius 3 is 2.77 bits per heavy atom. The van der Waals surface area contributed by atoms with Gasteiger partial charge >= 0.3 is 0 Å². The Morgan fingerprint density at radius 2 is 2.08 bits per heavy atom. The second kappa shape index (κ2) is 7.03. The summed E-state index contributed by atoms with van der Waals surface area (Å²) in [5, 5.41) is 3.42. The molecule has 6 nitrogen and oxygen atoms in total. The van der Waals surface area contributed by atoms with Crippen LogP contribution in [0.1, 0.15) is 41.4 Å². The lowest BCUT2D eigenvalue weighted by molar-refractivity contribution is -0.117. The number of nitrogens with zero attached hydrogens (tertiary/aromatic N) is 3. The van der Waals surface area contributed by atoms with Crippen LogP contribution < -0.4 is 15.0 Å². The molecule has 1 aromatic heterocycles. The minimum Gasteiger partial charge on any atom is -0.497 e. The number of rotatable bonds is 4. The van der Waals surface area contributed by atoms with Crippen molar-refractivity contribution in [2.75, 3.05) is 25.1 Å². The molecule has 0 spiro atoms. The summed E-state index contributed by atoms with van der Waals surface area (Å²) in [7, 11) is 1.65. The van der Waals surface area contributed by atoms with Gasteiger partial charge in [-0.3, -0.25) is 9.69 Å². The molecule has 1 atom stereocenters. The second-order valence-corrected chi connectivity index (χ2v) is 7.02. The number of aryl methyl sites for hydroxylation is 1. The van der Waals surface area contributed by atoms with E-state index in [0.717, 1.165) is 60.1 Å². The molecule has 136 valence electrons. The van der Waals surface area contributed by atoms with Gasteiger partial charge in [0.05, 0.1) is 20.1 Å². The van der Waals surface area contributed by atoms with E-state index in [9.17, 15) is 4.79 Å². The zero-order chi connectivity index (χ0) is 18.1. The van der Waals surface area contributed by atoms with Crippen molar-refractivity contribution < 1.29 is 9.53 Å². The van der Waals surface area contributed by atoms with Crippen LogP contribution in [0.3, 0.4) is 0 Å². The normalized spacial score (nSPS) is 19.5. The molecule has 4 rings (SSSR count). The number of hydrogen-bond acceptors (Lipinski definition) is 5. The summed E-state index contributed by atoms with van der Waals surface area (Å²) in [5.74, 6) is 2.88. The van der Waals surface area contributed by atoms with Crippen molar-refractivity contribution in [3.63, 3.8) is 0 Å². The van der Waals surface area contributed by atoms with Gasteiger partial charge in [-0.2, -0.15) is 0 Å². The lowest BCUT2D eigenvalue weighted by Gasteiger charge is -2.23. The SMILES string of the molecule is COc1ccc(CN2C(=O)Cc3c(C)nc([C@@H]4CCCNC4)nc32)cc1. The molecule has 0 unspecified atom stereocenters. The van der Waals surface area contributed by atoms with Crippen LogP contribution in [-0.4, -0.2) is 36.1 Å². The van der Waals surface area contributed by atoms with Crippen LogP contribution in [0.25, 0.3) is 0 Å². The lowest BCUT2D eigenvalue weighted by Crippen LogP contribution is -2.30. The van der Waals surface area contributed by atoms with Gasteiger partial charge in [0.25, 0.3) is 0 Å². The second-order valence-electron chi connectivity index (χ2n) is 7.02. The fourth-order valence-corrected chi connectivity index (χ4v) is 3.73. The molecule has 1 fully saturated rings. The van der Waals surface area contributed by atoms with Crippen LogP contribution in [-0.2, 0) is 17.8 Å². The minimum atomic E-state index is 0.0899. The first-order valence-electron chi connectivity index (χ1n) is 9.17. The Hall–Kier alpha value is -2.47. The number of anilines is 1. The number of carbonyl (C=O) groups excluding carboxylic acids is 1. The van der Waals surface area contributed by atoms with Crippen molar-refractivity contribution in [2.45, 2.75) is 38.6 Å². The molecule has 3 heterocycles. The Labute approximate surface area is 153 Å². The van der Waals surface area contributed by atoms with E-state index < -0.39 is 0 Å². The standard InChI is InChI=1S/C20H24N4O2/c1-13-17-10-18(25)24(12-14-5-7-16(26-2)8-6-14)20(17)23-19(22-13)15-4-3-9-21-11-15/h5-8,15,21H,3-4,9-12H2,1-2H3/t15-/m1/s1. The van der Waals surface area contributed by atoms with Crippen molar-refractivity contribution in [1.29, 1.82) is 0 Å². The first-order chi connectivity index (χ1) is 12.7. The molecule has 0 radical (unpaired) electrons. The average Bonchev–Trinajstić information content (AvgIpc) is 2.99. The fraction of sp³-hybridized carbons (Fsp3) is 0.450. The maximum absolute atomic E-state index is 12.6. The van der Waals surface area contributed by atoms with E-state index in [0.29, 0.717) is 18.9 Å². The third-order valence-electron chi connectivity index (χ3n) is 5.26. The quantitative estimate of drug-likeness (QED) is 0.915. The number of ether oxygens (including phenoxy) is 1. The van der Waals surface area contributed by atoms with Crippen LogP contribution in [0.15, 0.2) is 24.3 Å². The number of amides is 1. The molecule has 0 bridgehead atoms. The molecular formula is C20H24N4O2. The zero-order valence-electron chi connectivity index (χ0n) is 15.3. The van der Waals surface area contributed by atoms with Crippen LogP contribution >= 0.6 is 0 Å². The van der Waals surface area contributed by atoms with Crippen LogP contribution in [0, 0.1) is 6.92 Å². The predicted octanol–water partition coefficient (Wildman–Crippen LogP) is 2.35. The van der Waals surface area contributed by atoms with E-state index in [1.807, 2.05) is 31.2 Å². The number of nitrogens with one attached hydrogen (secondary N) is 1. The summed E-state index contributed by atoms with van der Waals surface area (Å²) in [6, 6.07) is 7.82. The van der Waals surface area contributed by atoms with Gasteiger partial charge in [-0.1, -0.05) is 12.1 Å². The maximum atomic E-state index is 12.6. The van der Waals surface area contributed by atoms with Gasteiger partial charge in [-0.15, -0.1) is 0 Å². The molecule has 1 amide bonds. The largest absolute Gasteiger partial charge is 0.497 e. The van der Waals surface area contributed by atoms with Gasteiger partial charge in [0.1, 0.15) is 17.4 Å². The van der Waals surface area contributed by atoms with Crippen LogP contribution in [0.4, 0.5) is 5.82 Å². The number of aromatic nitrogens is 2. The lowest BCUT2D eigenvalue weighted by atomic mass is 9.98. The van der Waals surface area contributed by atoms with E-state index >= 15 is 0 Å². The third kappa shape index (κ3) is 3.17. The predicted molar refractivity (Wildman–Crippen MR) is 99.5 cm³/mol. The highest BCUT2D eigenvalue weighted by atomic mass is 16.5. The van der Waals surface area contributed by atoms with Gasteiger partial charge < -0.3 is 10.1 Å². The Balaban J connectivity index is 1.63. The number of benzene rings is 1. The molecule has 2 aromatic rings. The Kier molecular flexibility index (Phi) is 4.59. The molecule has 2 aliphatic heterocycles. The summed E-state index contributed by atoms with van der Waals surface area (Å²) in [6.07, 6.45) is 2.62. The van der Waals surface area contributed by atoms with Crippen LogP contribution in [0.5, 0.6) is 5.75 Å². The summed E-state index contributed by atoms with van der Waals surface area (Å²) in [4.78, 5) is 24.0. The number of methoxy groups -OCH3 is 1. The topological polar surface area (TPSA) is 67.3 Å². The van der Waals surface area contributed by atoms with Crippen molar-refractivity contribution in [2.24, 2.45) is 0 Å². The molecule has 0 aliphatic carbocycles. The monoisotopic (exact) mass is 352 g/mol. The summed E-state index contributed by atoms with van der Waals surface area (Å²) in [5.41, 5.74) is 2.96. The van der Waals surface area contributed by atoms with Crippen molar-refractivity contribution in [3.05, 3.63) is 46.9 Å². The number of fused-ring (bicyclic) bond motifs is 1. The molecule has 1 N–H and O–H groups in total. The molecule has 1 aromatic carbocycles. The molecule has 2 aliphatic rings. The van der Waals surface area contributed by atoms with Gasteiger partial charge in [0.15, 0.2) is 0 Å². The summed E-state index contributed by atoms with van der Waals surface area (Å²) >= 11 is 0. The number of piperidine rings is 1. The van der Waals surface area contributed by atoms with E-state index in [2.05, 4.69) is 5.32 Å².